The molecule has 19 heavy (non-hydrogen) atoms. The minimum Gasteiger partial charge on any atom is -0.322 e. The number of unbranched alkanes of at least 4 members (excludes halogenated alkanes) is 1. The van der Waals surface area contributed by atoms with E-state index < -0.39 is 0 Å². The molecule has 3 unspecified atom stereocenters. The number of carbonyl (C=O) groups is 1. The number of nitrogens with zero attached hydrogens (tertiary/aromatic N) is 2. The Labute approximate surface area is 118 Å². The van der Waals surface area contributed by atoms with Gasteiger partial charge in [0.1, 0.15) is 0 Å². The quantitative estimate of drug-likeness (QED) is 0.732. The van der Waals surface area contributed by atoms with Gasteiger partial charge < -0.3 is 9.80 Å². The maximum atomic E-state index is 12.6. The summed E-state index contributed by atoms with van der Waals surface area (Å²) in [5, 5.41) is 3.54. The number of hydrogen-bond donors (Lipinski definition) is 1. The lowest BCUT2D eigenvalue weighted by atomic mass is 10.1. The Kier molecular flexibility index (Phi) is 6.80. The smallest absolute Gasteiger partial charge is 0.241 e. The first-order valence-corrected chi connectivity index (χ1v) is 7.74. The molecule has 1 aliphatic rings. The molecule has 1 amide bonds. The number of likely N-dealkylation sites (N-methyl/N-ethyl adjacent to an activating group) is 1. The second kappa shape index (κ2) is 7.85. The summed E-state index contributed by atoms with van der Waals surface area (Å²) in [7, 11) is 4.13. The van der Waals surface area contributed by atoms with Gasteiger partial charge in [-0.1, -0.05) is 33.1 Å². The van der Waals surface area contributed by atoms with E-state index in [1.807, 2.05) is 0 Å². The molecule has 112 valence electrons. The third-order valence-electron chi connectivity index (χ3n) is 3.79. The van der Waals surface area contributed by atoms with Crippen LogP contribution in [0.3, 0.4) is 0 Å². The van der Waals surface area contributed by atoms with Gasteiger partial charge in [-0.25, -0.2) is 0 Å². The van der Waals surface area contributed by atoms with Crippen LogP contribution in [0.15, 0.2) is 0 Å². The summed E-state index contributed by atoms with van der Waals surface area (Å²) in [5.41, 5.74) is 0. The normalized spacial score (nSPS) is 25.4. The van der Waals surface area contributed by atoms with Crippen LogP contribution in [-0.4, -0.2) is 54.6 Å². The lowest BCUT2D eigenvalue weighted by Gasteiger charge is -2.32. The standard InChI is InChI=1S/C15H31N3O/c1-6-8-10-13-15(19)18(12(3)11-17(4)5)14(16-13)9-7-2/h12-14,16H,6-11H2,1-5H3. The minimum atomic E-state index is 0.0427. The van der Waals surface area contributed by atoms with Gasteiger partial charge in [0.2, 0.25) is 5.91 Å². The van der Waals surface area contributed by atoms with E-state index in [2.05, 4.69) is 50.0 Å². The van der Waals surface area contributed by atoms with Gasteiger partial charge in [0.05, 0.1) is 12.2 Å². The second-order valence-corrected chi connectivity index (χ2v) is 6.02. The second-order valence-electron chi connectivity index (χ2n) is 6.02. The fourth-order valence-corrected chi connectivity index (χ4v) is 2.97. The van der Waals surface area contributed by atoms with E-state index in [-0.39, 0.29) is 18.2 Å². The minimum absolute atomic E-state index is 0.0427. The highest BCUT2D eigenvalue weighted by atomic mass is 16.2. The van der Waals surface area contributed by atoms with Crippen molar-refractivity contribution >= 4 is 5.91 Å². The van der Waals surface area contributed by atoms with Crippen molar-refractivity contribution in [2.75, 3.05) is 20.6 Å². The van der Waals surface area contributed by atoms with Gasteiger partial charge in [0, 0.05) is 12.6 Å². The zero-order chi connectivity index (χ0) is 14.4. The molecule has 1 saturated heterocycles. The molecule has 0 aliphatic carbocycles. The fraction of sp³-hybridized carbons (Fsp3) is 0.933. The van der Waals surface area contributed by atoms with Gasteiger partial charge in [-0.05, 0) is 33.9 Å². The molecule has 0 saturated carbocycles. The predicted molar refractivity (Wildman–Crippen MR) is 80.0 cm³/mol. The van der Waals surface area contributed by atoms with Crippen molar-refractivity contribution in [3.8, 4) is 0 Å². The van der Waals surface area contributed by atoms with Crippen molar-refractivity contribution < 1.29 is 4.79 Å². The first kappa shape index (κ1) is 16.4. The number of nitrogens with one attached hydrogen (secondary N) is 1. The molecule has 0 aromatic carbocycles. The molecule has 1 rings (SSSR count). The van der Waals surface area contributed by atoms with Crippen molar-refractivity contribution in [2.45, 2.75) is 71.1 Å². The molecule has 0 spiro atoms. The van der Waals surface area contributed by atoms with Crippen molar-refractivity contribution in [3.05, 3.63) is 0 Å². The molecule has 1 fully saturated rings. The summed E-state index contributed by atoms with van der Waals surface area (Å²) >= 11 is 0. The zero-order valence-corrected chi connectivity index (χ0v) is 13.3. The Balaban J connectivity index is 2.70. The van der Waals surface area contributed by atoms with Gasteiger partial charge >= 0.3 is 0 Å². The van der Waals surface area contributed by atoms with Crippen LogP contribution in [0.2, 0.25) is 0 Å². The third-order valence-corrected chi connectivity index (χ3v) is 3.79. The predicted octanol–water partition coefficient (Wildman–Crippen LogP) is 2.05. The maximum absolute atomic E-state index is 12.6. The van der Waals surface area contributed by atoms with Gasteiger partial charge in [0.15, 0.2) is 0 Å². The lowest BCUT2D eigenvalue weighted by Crippen LogP contribution is -2.47. The number of amides is 1. The average molecular weight is 269 g/mol. The average Bonchev–Trinajstić information content (AvgIpc) is 2.63. The van der Waals surface area contributed by atoms with Crippen LogP contribution in [0.1, 0.15) is 52.9 Å². The largest absolute Gasteiger partial charge is 0.322 e. The molecule has 0 aromatic rings. The highest BCUT2D eigenvalue weighted by Gasteiger charge is 2.40. The van der Waals surface area contributed by atoms with Gasteiger partial charge in [-0.3, -0.25) is 10.1 Å². The molecule has 1 heterocycles. The topological polar surface area (TPSA) is 35.6 Å². The summed E-state index contributed by atoms with van der Waals surface area (Å²) in [6.45, 7) is 7.44. The Morgan fingerprint density at radius 1 is 1.26 bits per heavy atom. The summed E-state index contributed by atoms with van der Waals surface area (Å²) in [6, 6.07) is 0.319. The molecular formula is C15H31N3O. The maximum Gasteiger partial charge on any atom is 0.241 e. The molecule has 0 radical (unpaired) electrons. The summed E-state index contributed by atoms with van der Waals surface area (Å²) < 4.78 is 0. The van der Waals surface area contributed by atoms with Crippen LogP contribution in [0, 0.1) is 0 Å². The monoisotopic (exact) mass is 269 g/mol. The van der Waals surface area contributed by atoms with E-state index in [1.54, 1.807) is 0 Å². The molecule has 0 aromatic heterocycles. The Hall–Kier alpha value is -0.610. The number of carbonyl (C=O) groups excluding carboxylic acids is 1. The Morgan fingerprint density at radius 3 is 2.47 bits per heavy atom. The molecule has 1 N–H and O–H groups in total. The molecule has 3 atom stereocenters. The summed E-state index contributed by atoms with van der Waals surface area (Å²) in [5.74, 6) is 0.307. The molecule has 0 bridgehead atoms. The summed E-state index contributed by atoms with van der Waals surface area (Å²) in [4.78, 5) is 16.8. The van der Waals surface area contributed by atoms with E-state index in [1.165, 1.54) is 0 Å². The Morgan fingerprint density at radius 2 is 1.95 bits per heavy atom. The number of rotatable bonds is 8. The van der Waals surface area contributed by atoms with Gasteiger partial charge in [-0.2, -0.15) is 0 Å². The third kappa shape index (κ3) is 4.46. The SMILES string of the molecule is CCCCC1NC(CCC)N(C(C)CN(C)C)C1=O. The van der Waals surface area contributed by atoms with Crippen LogP contribution in [0.25, 0.3) is 0 Å². The highest BCUT2D eigenvalue weighted by molar-refractivity contribution is 5.84. The first-order valence-electron chi connectivity index (χ1n) is 7.74. The van der Waals surface area contributed by atoms with E-state index in [4.69, 9.17) is 0 Å². The fourth-order valence-electron chi connectivity index (χ4n) is 2.97. The molecule has 4 nitrogen and oxygen atoms in total. The summed E-state index contributed by atoms with van der Waals surface area (Å²) in [6.07, 6.45) is 5.63. The molecule has 1 aliphatic heterocycles. The van der Waals surface area contributed by atoms with E-state index >= 15 is 0 Å². The van der Waals surface area contributed by atoms with Crippen molar-refractivity contribution in [1.29, 1.82) is 0 Å². The Bertz CT molecular complexity index is 281. The molecule has 4 heteroatoms. The zero-order valence-electron chi connectivity index (χ0n) is 13.3. The van der Waals surface area contributed by atoms with E-state index in [0.717, 1.165) is 38.6 Å². The van der Waals surface area contributed by atoms with Crippen molar-refractivity contribution in [1.82, 2.24) is 15.1 Å². The van der Waals surface area contributed by atoms with Crippen molar-refractivity contribution in [2.24, 2.45) is 0 Å². The van der Waals surface area contributed by atoms with Gasteiger partial charge in [-0.15, -0.1) is 0 Å². The van der Waals surface area contributed by atoms with Crippen LogP contribution in [-0.2, 0) is 4.79 Å². The van der Waals surface area contributed by atoms with Gasteiger partial charge in [0.25, 0.3) is 0 Å². The van der Waals surface area contributed by atoms with Crippen LogP contribution in [0.4, 0.5) is 0 Å². The van der Waals surface area contributed by atoms with Crippen molar-refractivity contribution in [3.63, 3.8) is 0 Å². The first-order chi connectivity index (χ1) is 9.01. The van der Waals surface area contributed by atoms with Crippen LogP contribution < -0.4 is 5.32 Å². The number of hydrogen-bond acceptors (Lipinski definition) is 3. The van der Waals surface area contributed by atoms with E-state index in [0.29, 0.717) is 5.91 Å². The highest BCUT2D eigenvalue weighted by Crippen LogP contribution is 2.21. The molecular weight excluding hydrogens is 238 g/mol. The van der Waals surface area contributed by atoms with E-state index in [9.17, 15) is 4.79 Å². The lowest BCUT2D eigenvalue weighted by molar-refractivity contribution is -0.132. The van der Waals surface area contributed by atoms with Crippen LogP contribution >= 0.6 is 0 Å². The van der Waals surface area contributed by atoms with Crippen LogP contribution in [0.5, 0.6) is 0 Å².